The molecule has 2 rings (SSSR count). The number of rotatable bonds is 4. The lowest BCUT2D eigenvalue weighted by Crippen LogP contribution is -2.42. The van der Waals surface area contributed by atoms with Crippen LogP contribution in [0.3, 0.4) is 0 Å². The number of nitrogens with zero attached hydrogens (tertiary/aromatic N) is 1. The minimum atomic E-state index is 0.391. The second-order valence-corrected chi connectivity index (χ2v) is 4.80. The number of hydrogen-bond acceptors (Lipinski definition) is 2. The molecule has 1 atom stereocenters. The van der Waals surface area contributed by atoms with Crippen LogP contribution >= 0.6 is 0 Å². The zero-order chi connectivity index (χ0) is 11.9. The summed E-state index contributed by atoms with van der Waals surface area (Å²) in [4.78, 5) is 2.48. The summed E-state index contributed by atoms with van der Waals surface area (Å²) < 4.78 is 0. The summed E-state index contributed by atoms with van der Waals surface area (Å²) in [6.45, 7) is 3.42. The number of hydrogen-bond donors (Lipinski definition) is 1. The fourth-order valence-electron chi connectivity index (χ4n) is 2.34. The van der Waals surface area contributed by atoms with Crippen molar-refractivity contribution in [3.05, 3.63) is 42.0 Å². The van der Waals surface area contributed by atoms with Crippen LogP contribution in [-0.4, -0.2) is 30.6 Å². The van der Waals surface area contributed by atoms with Crippen molar-refractivity contribution < 1.29 is 0 Å². The lowest BCUT2D eigenvalue weighted by Gasteiger charge is -2.30. The van der Waals surface area contributed by atoms with E-state index < -0.39 is 0 Å². The molecule has 1 aliphatic heterocycles. The predicted octanol–water partition coefficient (Wildman–Crippen LogP) is 2.51. The molecule has 1 aromatic carbocycles. The van der Waals surface area contributed by atoms with E-state index in [1.807, 2.05) is 6.07 Å². The zero-order valence-electron chi connectivity index (χ0n) is 10.4. The van der Waals surface area contributed by atoms with E-state index >= 15 is 0 Å². The highest BCUT2D eigenvalue weighted by Gasteiger charge is 2.14. The molecule has 92 valence electrons. The number of likely N-dealkylation sites (tertiary alicyclic amines) is 1. The van der Waals surface area contributed by atoms with E-state index in [9.17, 15) is 0 Å². The van der Waals surface area contributed by atoms with E-state index in [0.717, 1.165) is 19.5 Å². The number of nitrogens with two attached hydrogens (primary N) is 1. The summed E-state index contributed by atoms with van der Waals surface area (Å²) in [5.74, 6) is 0. The van der Waals surface area contributed by atoms with Crippen molar-refractivity contribution in [2.75, 3.05) is 19.6 Å². The quantitative estimate of drug-likeness (QED) is 0.861. The van der Waals surface area contributed by atoms with Crippen LogP contribution < -0.4 is 5.73 Å². The summed E-state index contributed by atoms with van der Waals surface area (Å²) in [7, 11) is 0. The van der Waals surface area contributed by atoms with Crippen molar-refractivity contribution in [1.82, 2.24) is 4.90 Å². The fourth-order valence-corrected chi connectivity index (χ4v) is 2.34. The summed E-state index contributed by atoms with van der Waals surface area (Å²) >= 11 is 0. The molecule has 17 heavy (non-hydrogen) atoms. The van der Waals surface area contributed by atoms with Gasteiger partial charge in [-0.15, -0.1) is 0 Å². The Kier molecular flexibility index (Phi) is 4.77. The van der Waals surface area contributed by atoms with Gasteiger partial charge in [0.1, 0.15) is 0 Å². The van der Waals surface area contributed by atoms with Crippen LogP contribution in [0.15, 0.2) is 36.4 Å². The largest absolute Gasteiger partial charge is 0.327 e. The lowest BCUT2D eigenvalue weighted by molar-refractivity contribution is 0.213. The van der Waals surface area contributed by atoms with Crippen molar-refractivity contribution in [2.45, 2.75) is 25.3 Å². The molecule has 1 aromatic rings. The van der Waals surface area contributed by atoms with Crippen molar-refractivity contribution in [1.29, 1.82) is 0 Å². The summed E-state index contributed by atoms with van der Waals surface area (Å²) in [6, 6.07) is 10.8. The molecular formula is C15H22N2. The Labute approximate surface area is 104 Å². The van der Waals surface area contributed by atoms with Crippen molar-refractivity contribution in [2.24, 2.45) is 5.73 Å². The van der Waals surface area contributed by atoms with Gasteiger partial charge in [0.25, 0.3) is 0 Å². The smallest absolute Gasteiger partial charge is 0.0168 e. The zero-order valence-corrected chi connectivity index (χ0v) is 10.4. The molecule has 0 bridgehead atoms. The minimum Gasteiger partial charge on any atom is -0.327 e. The van der Waals surface area contributed by atoms with E-state index in [4.69, 9.17) is 5.73 Å². The van der Waals surface area contributed by atoms with Crippen LogP contribution in [0, 0.1) is 0 Å². The van der Waals surface area contributed by atoms with Gasteiger partial charge in [-0.3, -0.25) is 0 Å². The van der Waals surface area contributed by atoms with Crippen molar-refractivity contribution in [3.8, 4) is 0 Å². The van der Waals surface area contributed by atoms with Crippen LogP contribution in [0.1, 0.15) is 24.8 Å². The summed E-state index contributed by atoms with van der Waals surface area (Å²) in [5, 5.41) is 0. The average molecular weight is 230 g/mol. The fraction of sp³-hybridized carbons (Fsp3) is 0.467. The number of piperidine rings is 1. The molecule has 0 aliphatic carbocycles. The standard InChI is InChI=1S/C15H22N2/c16-15-10-6-12-17(13-15)11-5-4-9-14-7-2-1-3-8-14/h1-4,7-9,15H,5-6,10-13,16H2/b9-4+. The Morgan fingerprint density at radius 2 is 2.12 bits per heavy atom. The Bertz CT molecular complexity index is 345. The number of benzene rings is 1. The summed E-state index contributed by atoms with van der Waals surface area (Å²) in [6.07, 6.45) is 8.01. The maximum Gasteiger partial charge on any atom is 0.0168 e. The molecule has 1 aliphatic rings. The van der Waals surface area contributed by atoms with Gasteiger partial charge >= 0.3 is 0 Å². The van der Waals surface area contributed by atoms with Gasteiger partial charge in [-0.2, -0.15) is 0 Å². The third-order valence-corrected chi connectivity index (χ3v) is 3.26. The molecule has 0 aromatic heterocycles. The monoisotopic (exact) mass is 230 g/mol. The van der Waals surface area contributed by atoms with Crippen molar-refractivity contribution >= 4 is 6.08 Å². The molecule has 0 spiro atoms. The van der Waals surface area contributed by atoms with Gasteiger partial charge in [0.2, 0.25) is 0 Å². The lowest BCUT2D eigenvalue weighted by atomic mass is 10.1. The third kappa shape index (κ3) is 4.33. The highest BCUT2D eigenvalue weighted by atomic mass is 15.1. The maximum absolute atomic E-state index is 5.96. The van der Waals surface area contributed by atoms with Gasteiger partial charge in [-0.25, -0.2) is 0 Å². The van der Waals surface area contributed by atoms with E-state index in [1.165, 1.54) is 24.9 Å². The van der Waals surface area contributed by atoms with Crippen LogP contribution in [0.4, 0.5) is 0 Å². The first-order chi connectivity index (χ1) is 8.34. The first-order valence-electron chi connectivity index (χ1n) is 6.54. The normalized spacial score (nSPS) is 22.1. The molecular weight excluding hydrogens is 208 g/mol. The second kappa shape index (κ2) is 6.58. The SMILES string of the molecule is NC1CCCN(CC/C=C/c2ccccc2)C1. The Hall–Kier alpha value is -1.12. The second-order valence-electron chi connectivity index (χ2n) is 4.80. The molecule has 0 radical (unpaired) electrons. The van der Waals surface area contributed by atoms with Crippen LogP contribution in [0.2, 0.25) is 0 Å². The highest BCUT2D eigenvalue weighted by molar-refractivity contribution is 5.48. The van der Waals surface area contributed by atoms with Gasteiger partial charge in [0.05, 0.1) is 0 Å². The van der Waals surface area contributed by atoms with Gasteiger partial charge < -0.3 is 10.6 Å². The van der Waals surface area contributed by atoms with E-state index in [-0.39, 0.29) is 0 Å². The van der Waals surface area contributed by atoms with E-state index in [2.05, 4.69) is 41.3 Å². The topological polar surface area (TPSA) is 29.3 Å². The maximum atomic E-state index is 5.96. The predicted molar refractivity (Wildman–Crippen MR) is 73.7 cm³/mol. The Morgan fingerprint density at radius 3 is 2.88 bits per heavy atom. The first kappa shape index (κ1) is 12.3. The molecule has 2 heteroatoms. The molecule has 1 fully saturated rings. The molecule has 1 heterocycles. The Balaban J connectivity index is 1.70. The Morgan fingerprint density at radius 1 is 1.29 bits per heavy atom. The molecule has 0 amide bonds. The van der Waals surface area contributed by atoms with Crippen LogP contribution in [0.5, 0.6) is 0 Å². The molecule has 0 saturated carbocycles. The average Bonchev–Trinajstić information content (AvgIpc) is 2.36. The van der Waals surface area contributed by atoms with Gasteiger partial charge in [-0.1, -0.05) is 42.5 Å². The molecule has 1 unspecified atom stereocenters. The highest BCUT2D eigenvalue weighted by Crippen LogP contribution is 2.09. The van der Waals surface area contributed by atoms with Crippen molar-refractivity contribution in [3.63, 3.8) is 0 Å². The molecule has 2 N–H and O–H groups in total. The van der Waals surface area contributed by atoms with Crippen LogP contribution in [-0.2, 0) is 0 Å². The first-order valence-corrected chi connectivity index (χ1v) is 6.54. The molecule has 1 saturated heterocycles. The van der Waals surface area contributed by atoms with E-state index in [1.54, 1.807) is 0 Å². The third-order valence-electron chi connectivity index (χ3n) is 3.26. The van der Waals surface area contributed by atoms with Gasteiger partial charge in [0.15, 0.2) is 0 Å². The van der Waals surface area contributed by atoms with Gasteiger partial charge in [0, 0.05) is 19.1 Å². The van der Waals surface area contributed by atoms with E-state index in [0.29, 0.717) is 6.04 Å². The van der Waals surface area contributed by atoms with Gasteiger partial charge in [-0.05, 0) is 31.4 Å². The van der Waals surface area contributed by atoms with Crippen LogP contribution in [0.25, 0.3) is 6.08 Å². The minimum absolute atomic E-state index is 0.391. The summed E-state index contributed by atoms with van der Waals surface area (Å²) in [5.41, 5.74) is 7.24. The molecule has 2 nitrogen and oxygen atoms in total.